The lowest BCUT2D eigenvalue weighted by atomic mass is 10.1. The molecule has 114 valence electrons. The van der Waals surface area contributed by atoms with Crippen molar-refractivity contribution in [3.63, 3.8) is 0 Å². The maximum absolute atomic E-state index is 12.6. The van der Waals surface area contributed by atoms with Crippen LogP contribution in [0.15, 0.2) is 35.6 Å². The molecule has 7 heteroatoms. The summed E-state index contributed by atoms with van der Waals surface area (Å²) in [6.07, 6.45) is 3.00. The van der Waals surface area contributed by atoms with Crippen LogP contribution in [0.25, 0.3) is 10.9 Å². The van der Waals surface area contributed by atoms with Crippen molar-refractivity contribution >= 4 is 22.5 Å². The first-order valence-corrected chi connectivity index (χ1v) is 7.29. The third-order valence-corrected chi connectivity index (χ3v) is 3.67. The van der Waals surface area contributed by atoms with Gasteiger partial charge in [0.05, 0.1) is 34.3 Å². The highest BCUT2D eigenvalue weighted by Gasteiger charge is 2.19. The van der Waals surface area contributed by atoms with Gasteiger partial charge in [-0.25, -0.2) is 14.6 Å². The number of para-hydroxylation sites is 1. The van der Waals surface area contributed by atoms with Crippen LogP contribution < -0.4 is 5.56 Å². The highest BCUT2D eigenvalue weighted by Crippen LogP contribution is 2.18. The summed E-state index contributed by atoms with van der Waals surface area (Å²) in [7, 11) is 0. The Morgan fingerprint density at radius 1 is 1.23 bits per heavy atom. The maximum Gasteiger partial charge on any atom is 0.261 e. The Balaban J connectivity index is 2.08. The minimum atomic E-state index is -0.205. The average Bonchev–Trinajstić information content (AvgIpc) is 2.91. The quantitative estimate of drug-likeness (QED) is 0.728. The van der Waals surface area contributed by atoms with Gasteiger partial charge in [0.1, 0.15) is 12.2 Å². The number of benzene rings is 1. The average molecular weight is 318 g/mol. The van der Waals surface area contributed by atoms with E-state index in [0.717, 1.165) is 0 Å². The largest absolute Gasteiger partial charge is 0.291 e. The molecule has 0 aliphatic rings. The Hall–Kier alpha value is -2.21. The van der Waals surface area contributed by atoms with E-state index in [1.54, 1.807) is 18.2 Å². The van der Waals surface area contributed by atoms with E-state index in [0.29, 0.717) is 28.3 Å². The Kier molecular flexibility index (Phi) is 3.48. The Bertz CT molecular complexity index is 891. The van der Waals surface area contributed by atoms with Crippen molar-refractivity contribution in [2.75, 3.05) is 0 Å². The van der Waals surface area contributed by atoms with Crippen molar-refractivity contribution in [1.29, 1.82) is 0 Å². The minimum absolute atomic E-state index is 0.143. The second-order valence-electron chi connectivity index (χ2n) is 6.07. The van der Waals surface area contributed by atoms with Crippen LogP contribution in [0.5, 0.6) is 0 Å². The normalized spacial score (nSPS) is 12.0. The summed E-state index contributed by atoms with van der Waals surface area (Å²) >= 11 is 6.07. The van der Waals surface area contributed by atoms with E-state index in [4.69, 9.17) is 11.6 Å². The molecule has 0 N–H and O–H groups in total. The van der Waals surface area contributed by atoms with Crippen LogP contribution in [-0.2, 0) is 12.1 Å². The second kappa shape index (κ2) is 5.21. The molecule has 3 rings (SSSR count). The van der Waals surface area contributed by atoms with Gasteiger partial charge in [-0.05, 0) is 32.9 Å². The van der Waals surface area contributed by atoms with Gasteiger partial charge >= 0.3 is 0 Å². The van der Waals surface area contributed by atoms with E-state index in [1.165, 1.54) is 17.2 Å². The molecule has 22 heavy (non-hydrogen) atoms. The molecule has 0 atom stereocenters. The van der Waals surface area contributed by atoms with Crippen molar-refractivity contribution < 1.29 is 0 Å². The molecule has 0 unspecified atom stereocenters. The smallest absolute Gasteiger partial charge is 0.261 e. The number of hydrogen-bond acceptors (Lipinski definition) is 4. The van der Waals surface area contributed by atoms with E-state index in [-0.39, 0.29) is 11.1 Å². The first kappa shape index (κ1) is 14.7. The lowest BCUT2D eigenvalue weighted by molar-refractivity contribution is 0.338. The zero-order chi connectivity index (χ0) is 15.9. The van der Waals surface area contributed by atoms with Crippen molar-refractivity contribution in [1.82, 2.24) is 24.3 Å². The maximum atomic E-state index is 12.6. The van der Waals surface area contributed by atoms with Crippen molar-refractivity contribution in [2.24, 2.45) is 0 Å². The molecule has 0 aliphatic carbocycles. The summed E-state index contributed by atoms with van der Waals surface area (Å²) in [5, 5.41) is 5.21. The van der Waals surface area contributed by atoms with Gasteiger partial charge in [-0.15, -0.1) is 0 Å². The lowest BCUT2D eigenvalue weighted by Crippen LogP contribution is -2.29. The van der Waals surface area contributed by atoms with Crippen LogP contribution in [0.3, 0.4) is 0 Å². The first-order valence-electron chi connectivity index (χ1n) is 6.91. The molecule has 0 spiro atoms. The van der Waals surface area contributed by atoms with Gasteiger partial charge < -0.3 is 0 Å². The predicted molar refractivity (Wildman–Crippen MR) is 85.1 cm³/mol. The first-order chi connectivity index (χ1) is 10.4. The molecule has 2 aromatic heterocycles. The highest BCUT2D eigenvalue weighted by molar-refractivity contribution is 6.34. The van der Waals surface area contributed by atoms with E-state index in [2.05, 4.69) is 15.1 Å². The third-order valence-electron chi connectivity index (χ3n) is 3.37. The Morgan fingerprint density at radius 2 is 2.00 bits per heavy atom. The van der Waals surface area contributed by atoms with Gasteiger partial charge in [0.15, 0.2) is 0 Å². The molecule has 0 saturated carbocycles. The molecule has 0 amide bonds. The Labute approximate surface area is 132 Å². The molecule has 1 aromatic carbocycles. The molecule has 0 bridgehead atoms. The fourth-order valence-electron chi connectivity index (χ4n) is 2.35. The monoisotopic (exact) mass is 317 g/mol. The molecule has 0 fully saturated rings. The molecular formula is C15H16ClN5O. The van der Waals surface area contributed by atoms with E-state index < -0.39 is 0 Å². The minimum Gasteiger partial charge on any atom is -0.291 e. The third kappa shape index (κ3) is 2.50. The number of hydrogen-bond donors (Lipinski definition) is 0. The summed E-state index contributed by atoms with van der Waals surface area (Å²) < 4.78 is 3.33. The van der Waals surface area contributed by atoms with E-state index >= 15 is 0 Å². The van der Waals surface area contributed by atoms with Crippen LogP contribution in [0.1, 0.15) is 26.6 Å². The summed E-state index contributed by atoms with van der Waals surface area (Å²) in [6.45, 7) is 6.41. The van der Waals surface area contributed by atoms with Crippen LogP contribution in [0.4, 0.5) is 0 Å². The lowest BCUT2D eigenvalue weighted by Gasteiger charge is -2.21. The van der Waals surface area contributed by atoms with Crippen molar-refractivity contribution in [2.45, 2.75) is 32.9 Å². The summed E-state index contributed by atoms with van der Waals surface area (Å²) in [4.78, 5) is 21.1. The van der Waals surface area contributed by atoms with Crippen LogP contribution >= 0.6 is 11.6 Å². The second-order valence-corrected chi connectivity index (χ2v) is 6.48. The van der Waals surface area contributed by atoms with E-state index in [1.807, 2.05) is 25.5 Å². The van der Waals surface area contributed by atoms with Gasteiger partial charge in [0.2, 0.25) is 0 Å². The number of aromatic nitrogens is 5. The van der Waals surface area contributed by atoms with Crippen LogP contribution in [-0.4, -0.2) is 24.3 Å². The van der Waals surface area contributed by atoms with Gasteiger partial charge in [0.25, 0.3) is 5.56 Å². The fraction of sp³-hybridized carbons (Fsp3) is 0.333. The van der Waals surface area contributed by atoms with Gasteiger partial charge in [-0.3, -0.25) is 9.36 Å². The number of rotatable bonds is 2. The summed E-state index contributed by atoms with van der Waals surface area (Å²) in [5.74, 6) is 0.706. The molecular weight excluding hydrogens is 302 g/mol. The van der Waals surface area contributed by atoms with Gasteiger partial charge in [0, 0.05) is 0 Å². The molecule has 0 aliphatic heterocycles. The zero-order valence-electron chi connectivity index (χ0n) is 12.6. The van der Waals surface area contributed by atoms with Crippen LogP contribution in [0.2, 0.25) is 5.02 Å². The molecule has 2 heterocycles. The van der Waals surface area contributed by atoms with Crippen LogP contribution in [0, 0.1) is 0 Å². The zero-order valence-corrected chi connectivity index (χ0v) is 13.4. The summed E-state index contributed by atoms with van der Waals surface area (Å²) in [5.41, 5.74) is 0.168. The fourth-order valence-corrected chi connectivity index (χ4v) is 2.58. The van der Waals surface area contributed by atoms with E-state index in [9.17, 15) is 4.79 Å². The molecule has 6 nitrogen and oxygen atoms in total. The number of nitrogens with zero attached hydrogens (tertiary/aromatic N) is 5. The molecule has 3 aromatic rings. The SMILES string of the molecule is CC(C)(C)n1ncnc1Cn1cnc2c(Cl)cccc2c1=O. The molecule has 0 radical (unpaired) electrons. The summed E-state index contributed by atoms with van der Waals surface area (Å²) in [6, 6.07) is 5.19. The topological polar surface area (TPSA) is 65.6 Å². The number of halogens is 1. The standard InChI is InChI=1S/C15H16ClN5O/c1-15(2,3)21-12(17-8-19-21)7-20-9-18-13-10(14(20)22)5-4-6-11(13)16/h4-6,8-9H,7H2,1-3H3. The van der Waals surface area contributed by atoms with Gasteiger partial charge in [-0.2, -0.15) is 5.10 Å². The predicted octanol–water partition coefficient (Wildman–Crippen LogP) is 2.44. The molecule has 0 saturated heterocycles. The Morgan fingerprint density at radius 3 is 2.73 bits per heavy atom. The van der Waals surface area contributed by atoms with Crippen molar-refractivity contribution in [3.8, 4) is 0 Å². The highest BCUT2D eigenvalue weighted by atomic mass is 35.5. The number of fused-ring (bicyclic) bond motifs is 1. The van der Waals surface area contributed by atoms with Gasteiger partial charge in [-0.1, -0.05) is 17.7 Å². The van der Waals surface area contributed by atoms with Crippen molar-refractivity contribution in [3.05, 3.63) is 52.1 Å².